The monoisotopic (exact) mass is 295 g/mol. The summed E-state index contributed by atoms with van der Waals surface area (Å²) < 4.78 is 5.77. The van der Waals surface area contributed by atoms with Crippen molar-refractivity contribution in [1.29, 1.82) is 0 Å². The number of hydrogen-bond acceptors (Lipinski definition) is 5. The predicted molar refractivity (Wildman–Crippen MR) is 76.0 cm³/mol. The molecule has 0 amide bonds. The van der Waals surface area contributed by atoms with E-state index in [0.29, 0.717) is 18.2 Å². The molecule has 2 aliphatic rings. The van der Waals surface area contributed by atoms with Crippen LogP contribution in [0.25, 0.3) is 0 Å². The number of ether oxygens (including phenoxy) is 1. The molecule has 3 unspecified atom stereocenters. The van der Waals surface area contributed by atoms with Crippen molar-refractivity contribution in [3.63, 3.8) is 0 Å². The molecule has 0 radical (unpaired) electrons. The molecule has 108 valence electrons. The Morgan fingerprint density at radius 3 is 3.05 bits per heavy atom. The smallest absolute Gasteiger partial charge is 0.321 e. The van der Waals surface area contributed by atoms with E-state index in [0.717, 1.165) is 16.9 Å². The van der Waals surface area contributed by atoms with E-state index < -0.39 is 18.1 Å². The molecule has 0 aromatic heterocycles. The Morgan fingerprint density at radius 1 is 1.50 bits per heavy atom. The topological polar surface area (TPSA) is 70.0 Å². The summed E-state index contributed by atoms with van der Waals surface area (Å²) >= 11 is 1.58. The summed E-state index contributed by atoms with van der Waals surface area (Å²) in [7, 11) is 0. The number of nitrogens with zero attached hydrogens (tertiary/aromatic N) is 1. The van der Waals surface area contributed by atoms with Gasteiger partial charge in [-0.05, 0) is 12.5 Å². The fraction of sp³-hybridized carbons (Fsp3) is 0.500. The Kier molecular flexibility index (Phi) is 3.62. The maximum atomic E-state index is 11.3. The lowest BCUT2D eigenvalue weighted by atomic mass is 9.95. The molecule has 0 aliphatic carbocycles. The lowest BCUT2D eigenvalue weighted by molar-refractivity contribution is -0.144. The van der Waals surface area contributed by atoms with E-state index in [9.17, 15) is 15.0 Å². The number of carbonyl (C=O) groups is 1. The van der Waals surface area contributed by atoms with Gasteiger partial charge in [0.15, 0.2) is 0 Å². The van der Waals surface area contributed by atoms with Crippen LogP contribution in [0.2, 0.25) is 0 Å². The van der Waals surface area contributed by atoms with Crippen LogP contribution in [0, 0.1) is 6.92 Å². The molecule has 2 aliphatic heterocycles. The zero-order valence-corrected chi connectivity index (χ0v) is 12.0. The number of para-hydroxylation sites is 1. The van der Waals surface area contributed by atoms with E-state index in [1.165, 1.54) is 0 Å². The minimum atomic E-state index is -0.836. The second-order valence-electron chi connectivity index (χ2n) is 5.18. The van der Waals surface area contributed by atoms with E-state index in [-0.39, 0.29) is 6.04 Å². The molecule has 20 heavy (non-hydrogen) atoms. The van der Waals surface area contributed by atoms with Crippen LogP contribution in [-0.4, -0.2) is 51.4 Å². The van der Waals surface area contributed by atoms with Crippen molar-refractivity contribution in [2.75, 3.05) is 18.2 Å². The minimum Gasteiger partial charge on any atom is -0.491 e. The number of rotatable bonds is 2. The van der Waals surface area contributed by atoms with Gasteiger partial charge in [0.05, 0.1) is 6.04 Å². The van der Waals surface area contributed by atoms with Crippen LogP contribution in [-0.2, 0) is 4.79 Å². The predicted octanol–water partition coefficient (Wildman–Crippen LogP) is 1.25. The van der Waals surface area contributed by atoms with E-state index in [1.54, 1.807) is 11.8 Å². The third kappa shape index (κ3) is 2.17. The van der Waals surface area contributed by atoms with Crippen molar-refractivity contribution in [3.05, 3.63) is 29.3 Å². The molecule has 3 atom stereocenters. The van der Waals surface area contributed by atoms with Crippen LogP contribution in [0.3, 0.4) is 0 Å². The summed E-state index contributed by atoms with van der Waals surface area (Å²) in [6.45, 7) is 2.26. The Bertz CT molecular complexity index is 536. The highest BCUT2D eigenvalue weighted by Gasteiger charge is 2.42. The largest absolute Gasteiger partial charge is 0.491 e. The average molecular weight is 295 g/mol. The van der Waals surface area contributed by atoms with E-state index >= 15 is 0 Å². The lowest BCUT2D eigenvalue weighted by Crippen LogP contribution is -2.51. The first-order chi connectivity index (χ1) is 9.59. The van der Waals surface area contributed by atoms with Crippen LogP contribution in [0.1, 0.15) is 17.2 Å². The Hall–Kier alpha value is -1.24. The third-order valence-electron chi connectivity index (χ3n) is 3.95. The molecule has 0 spiro atoms. The molecule has 1 fully saturated rings. The first-order valence-corrected chi connectivity index (χ1v) is 7.71. The van der Waals surface area contributed by atoms with Crippen LogP contribution >= 0.6 is 11.8 Å². The van der Waals surface area contributed by atoms with Gasteiger partial charge in [0, 0.05) is 17.2 Å². The highest BCUT2D eigenvalue weighted by molar-refractivity contribution is 7.99. The van der Waals surface area contributed by atoms with E-state index in [1.807, 2.05) is 30.0 Å². The molecule has 6 heteroatoms. The van der Waals surface area contributed by atoms with Gasteiger partial charge in [-0.3, -0.25) is 9.69 Å². The van der Waals surface area contributed by atoms with Crippen molar-refractivity contribution < 1.29 is 19.7 Å². The molecule has 2 N–H and O–H groups in total. The van der Waals surface area contributed by atoms with Crippen molar-refractivity contribution in [1.82, 2.24) is 4.90 Å². The average Bonchev–Trinajstić information content (AvgIpc) is 2.89. The van der Waals surface area contributed by atoms with Crippen LogP contribution in [0.15, 0.2) is 18.2 Å². The Balaban J connectivity index is 1.89. The second-order valence-corrected chi connectivity index (χ2v) is 6.18. The number of carboxylic acid groups (broad SMARTS) is 1. The Morgan fingerprint density at radius 2 is 2.30 bits per heavy atom. The molecule has 1 aromatic carbocycles. The number of aliphatic hydroxyl groups is 1. The zero-order chi connectivity index (χ0) is 14.3. The molecule has 1 saturated heterocycles. The van der Waals surface area contributed by atoms with Crippen LogP contribution in [0.5, 0.6) is 5.75 Å². The summed E-state index contributed by atoms with van der Waals surface area (Å²) in [5.41, 5.74) is 1.74. The highest BCUT2D eigenvalue weighted by atomic mass is 32.2. The van der Waals surface area contributed by atoms with E-state index in [2.05, 4.69) is 0 Å². The quantitative estimate of drug-likeness (QED) is 0.856. The third-order valence-corrected chi connectivity index (χ3v) is 4.98. The first kappa shape index (κ1) is 13.7. The highest BCUT2D eigenvalue weighted by Crippen LogP contribution is 2.38. The minimum absolute atomic E-state index is 0.305. The molecule has 3 rings (SSSR count). The molecule has 0 saturated carbocycles. The normalized spacial score (nSPS) is 29.8. The molecule has 5 nitrogen and oxygen atoms in total. The van der Waals surface area contributed by atoms with Gasteiger partial charge >= 0.3 is 5.97 Å². The van der Waals surface area contributed by atoms with Gasteiger partial charge in [0.2, 0.25) is 0 Å². The van der Waals surface area contributed by atoms with Crippen molar-refractivity contribution in [3.8, 4) is 5.75 Å². The number of benzene rings is 1. The van der Waals surface area contributed by atoms with Crippen molar-refractivity contribution >= 4 is 17.7 Å². The fourth-order valence-corrected chi connectivity index (χ4v) is 4.09. The molecule has 1 aromatic rings. The standard InChI is InChI=1S/C14H17NO4S/c1-8-3-2-4-9-12(16)10(5-19-13(8)9)15-7-20-6-11(15)14(17)18/h2-4,10-12,16H,5-7H2,1H3,(H,17,18). The SMILES string of the molecule is Cc1cccc2c1OCC(N1CSCC1C(=O)O)C2O. The van der Waals surface area contributed by atoms with Gasteiger partial charge in [-0.15, -0.1) is 11.8 Å². The van der Waals surface area contributed by atoms with Crippen molar-refractivity contribution in [2.45, 2.75) is 25.1 Å². The van der Waals surface area contributed by atoms with Gasteiger partial charge in [-0.1, -0.05) is 18.2 Å². The van der Waals surface area contributed by atoms with Gasteiger partial charge in [-0.25, -0.2) is 0 Å². The van der Waals surface area contributed by atoms with E-state index in [4.69, 9.17) is 4.74 Å². The summed E-state index contributed by atoms with van der Waals surface area (Å²) in [6, 6.07) is 4.82. The van der Waals surface area contributed by atoms with Crippen LogP contribution in [0.4, 0.5) is 0 Å². The maximum absolute atomic E-state index is 11.3. The Labute approximate surface area is 121 Å². The molecule has 2 heterocycles. The van der Waals surface area contributed by atoms with Gasteiger partial charge in [0.25, 0.3) is 0 Å². The lowest BCUT2D eigenvalue weighted by Gasteiger charge is -2.38. The van der Waals surface area contributed by atoms with Gasteiger partial charge in [-0.2, -0.15) is 0 Å². The first-order valence-electron chi connectivity index (χ1n) is 6.56. The van der Waals surface area contributed by atoms with Gasteiger partial charge in [0.1, 0.15) is 24.5 Å². The molecule has 0 bridgehead atoms. The number of aliphatic hydroxyl groups excluding tert-OH is 1. The van der Waals surface area contributed by atoms with Gasteiger partial charge < -0.3 is 14.9 Å². The summed E-state index contributed by atoms with van der Waals surface area (Å²) in [4.78, 5) is 13.1. The molecular weight excluding hydrogens is 278 g/mol. The number of hydrogen-bond donors (Lipinski definition) is 2. The van der Waals surface area contributed by atoms with Crippen molar-refractivity contribution in [2.24, 2.45) is 0 Å². The number of aliphatic carboxylic acids is 1. The summed E-state index contributed by atoms with van der Waals surface area (Å²) in [6.07, 6.45) is -0.709. The zero-order valence-electron chi connectivity index (χ0n) is 11.2. The second kappa shape index (κ2) is 5.27. The van der Waals surface area contributed by atoms with Crippen LogP contribution < -0.4 is 4.74 Å². The number of thioether (sulfide) groups is 1. The maximum Gasteiger partial charge on any atom is 0.321 e. The molecular formula is C14H17NO4S. The number of aryl methyl sites for hydroxylation is 1. The summed E-state index contributed by atoms with van der Waals surface area (Å²) in [5.74, 6) is 1.06. The number of carboxylic acids is 1. The summed E-state index contributed by atoms with van der Waals surface area (Å²) in [5, 5.41) is 19.8. The number of fused-ring (bicyclic) bond motifs is 1. The fourth-order valence-electron chi connectivity index (χ4n) is 2.84.